The van der Waals surface area contributed by atoms with Gasteiger partial charge >= 0.3 is 11.8 Å². The number of amides is 1. The monoisotopic (exact) mass is 270 g/mol. The normalized spacial score (nSPS) is 10.4. The van der Waals surface area contributed by atoms with E-state index in [4.69, 9.17) is 8.94 Å². The first-order chi connectivity index (χ1) is 9.83. The van der Waals surface area contributed by atoms with Gasteiger partial charge in [0.2, 0.25) is 5.82 Å². The van der Waals surface area contributed by atoms with Crippen LogP contribution in [0, 0.1) is 0 Å². The molecule has 0 radical (unpaired) electrons. The van der Waals surface area contributed by atoms with Gasteiger partial charge in [0.1, 0.15) is 11.5 Å². The van der Waals surface area contributed by atoms with Crippen molar-refractivity contribution >= 4 is 5.91 Å². The molecular weight excluding hydrogens is 260 g/mol. The van der Waals surface area contributed by atoms with E-state index in [0.717, 1.165) is 0 Å². The Hall–Kier alpha value is -2.96. The minimum atomic E-state index is -0.462. The number of rotatable bonds is 4. The number of hydrogen-bond donors (Lipinski definition) is 1. The van der Waals surface area contributed by atoms with Crippen molar-refractivity contribution in [3.05, 3.63) is 54.4 Å². The molecule has 0 saturated carbocycles. The van der Waals surface area contributed by atoms with Crippen LogP contribution in [-0.2, 0) is 6.54 Å². The number of aromatic nitrogens is 3. The molecule has 0 saturated heterocycles. The first-order valence-corrected chi connectivity index (χ1v) is 5.88. The molecule has 0 unspecified atom stereocenters. The van der Waals surface area contributed by atoms with E-state index in [2.05, 4.69) is 20.4 Å². The third-order valence-electron chi connectivity index (χ3n) is 2.52. The summed E-state index contributed by atoms with van der Waals surface area (Å²) in [5.41, 5.74) is 0.543. The predicted octanol–water partition coefficient (Wildman–Crippen LogP) is 1.65. The maximum atomic E-state index is 11.8. The number of nitrogens with zero attached hydrogens (tertiary/aromatic N) is 3. The van der Waals surface area contributed by atoms with Crippen molar-refractivity contribution in [3.8, 4) is 11.5 Å². The molecular formula is C13H10N4O3. The number of pyridine rings is 1. The van der Waals surface area contributed by atoms with Crippen LogP contribution >= 0.6 is 0 Å². The molecule has 0 bridgehead atoms. The molecule has 3 aromatic rings. The fraction of sp³-hybridized carbons (Fsp3) is 0.0769. The number of carbonyl (C=O) groups is 1. The van der Waals surface area contributed by atoms with Crippen LogP contribution in [0.2, 0.25) is 0 Å². The van der Waals surface area contributed by atoms with E-state index in [9.17, 15) is 4.79 Å². The van der Waals surface area contributed by atoms with Gasteiger partial charge in [0.05, 0.1) is 12.8 Å². The Labute approximate surface area is 113 Å². The lowest BCUT2D eigenvalue weighted by Gasteiger charge is -1.97. The molecule has 20 heavy (non-hydrogen) atoms. The van der Waals surface area contributed by atoms with Crippen molar-refractivity contribution in [2.75, 3.05) is 0 Å². The minimum absolute atomic E-state index is 0.114. The molecule has 100 valence electrons. The van der Waals surface area contributed by atoms with E-state index in [1.807, 2.05) is 0 Å². The minimum Gasteiger partial charge on any atom is -0.467 e. The summed E-state index contributed by atoms with van der Waals surface area (Å²) >= 11 is 0. The second-order valence-electron chi connectivity index (χ2n) is 3.90. The first kappa shape index (κ1) is 12.1. The molecule has 0 aliphatic carbocycles. The topological polar surface area (TPSA) is 94.1 Å². The maximum Gasteiger partial charge on any atom is 0.316 e. The Morgan fingerprint density at radius 3 is 2.95 bits per heavy atom. The first-order valence-electron chi connectivity index (χ1n) is 5.88. The molecule has 0 aromatic carbocycles. The molecule has 1 N–H and O–H groups in total. The van der Waals surface area contributed by atoms with Crippen LogP contribution in [-0.4, -0.2) is 21.0 Å². The molecule has 3 rings (SSSR count). The quantitative estimate of drug-likeness (QED) is 0.774. The van der Waals surface area contributed by atoms with Gasteiger partial charge in [-0.1, -0.05) is 11.2 Å². The van der Waals surface area contributed by atoms with E-state index in [0.29, 0.717) is 11.5 Å². The standard InChI is InChI=1S/C13H10N4O3/c18-12(15-8-9-4-3-7-19-9)13-16-11(17-20-13)10-5-1-2-6-14-10/h1-7H,8H2,(H,15,18). The van der Waals surface area contributed by atoms with Crippen molar-refractivity contribution in [1.29, 1.82) is 0 Å². The highest BCUT2D eigenvalue weighted by atomic mass is 16.5. The fourth-order valence-electron chi connectivity index (χ4n) is 1.57. The van der Waals surface area contributed by atoms with Gasteiger partial charge in [0.15, 0.2) is 0 Å². The van der Waals surface area contributed by atoms with E-state index < -0.39 is 5.91 Å². The second-order valence-corrected chi connectivity index (χ2v) is 3.90. The summed E-state index contributed by atoms with van der Waals surface area (Å²) in [4.78, 5) is 19.9. The van der Waals surface area contributed by atoms with Gasteiger partial charge in [0.25, 0.3) is 0 Å². The molecule has 7 nitrogen and oxygen atoms in total. The maximum absolute atomic E-state index is 11.8. The van der Waals surface area contributed by atoms with E-state index in [1.165, 1.54) is 6.26 Å². The van der Waals surface area contributed by atoms with Crippen molar-refractivity contribution in [3.63, 3.8) is 0 Å². The Morgan fingerprint density at radius 2 is 2.20 bits per heavy atom. The van der Waals surface area contributed by atoms with Crippen LogP contribution < -0.4 is 5.32 Å². The fourth-order valence-corrected chi connectivity index (χ4v) is 1.57. The highest BCUT2D eigenvalue weighted by molar-refractivity contribution is 5.89. The summed E-state index contributed by atoms with van der Waals surface area (Å²) in [6, 6.07) is 8.81. The molecule has 3 aromatic heterocycles. The highest BCUT2D eigenvalue weighted by Crippen LogP contribution is 2.11. The lowest BCUT2D eigenvalue weighted by atomic mass is 10.3. The Kier molecular flexibility index (Phi) is 3.24. The van der Waals surface area contributed by atoms with Crippen molar-refractivity contribution in [1.82, 2.24) is 20.4 Å². The Bertz CT molecular complexity index is 692. The molecule has 0 fully saturated rings. The average molecular weight is 270 g/mol. The van der Waals surface area contributed by atoms with Crippen LogP contribution in [0.5, 0.6) is 0 Å². The molecule has 7 heteroatoms. The van der Waals surface area contributed by atoms with Gasteiger partial charge in [-0.15, -0.1) is 0 Å². The summed E-state index contributed by atoms with van der Waals surface area (Å²) in [6.07, 6.45) is 3.15. The summed E-state index contributed by atoms with van der Waals surface area (Å²) in [5.74, 6) is 0.338. The lowest BCUT2D eigenvalue weighted by molar-refractivity contribution is 0.0904. The van der Waals surface area contributed by atoms with Gasteiger partial charge in [-0.2, -0.15) is 4.98 Å². The molecule has 0 atom stereocenters. The zero-order chi connectivity index (χ0) is 13.8. The average Bonchev–Trinajstić information content (AvgIpc) is 3.17. The summed E-state index contributed by atoms with van der Waals surface area (Å²) < 4.78 is 10.0. The predicted molar refractivity (Wildman–Crippen MR) is 67.4 cm³/mol. The lowest BCUT2D eigenvalue weighted by Crippen LogP contribution is -2.22. The Morgan fingerprint density at radius 1 is 1.25 bits per heavy atom. The van der Waals surface area contributed by atoms with Crippen LogP contribution in [0.1, 0.15) is 16.4 Å². The number of nitrogens with one attached hydrogen (secondary N) is 1. The van der Waals surface area contributed by atoms with Crippen molar-refractivity contribution in [2.24, 2.45) is 0 Å². The van der Waals surface area contributed by atoms with Crippen LogP contribution in [0.4, 0.5) is 0 Å². The zero-order valence-electron chi connectivity index (χ0n) is 10.3. The van der Waals surface area contributed by atoms with Crippen molar-refractivity contribution in [2.45, 2.75) is 6.54 Å². The number of furan rings is 1. The van der Waals surface area contributed by atoms with E-state index >= 15 is 0 Å². The van der Waals surface area contributed by atoms with Gasteiger partial charge in [-0.05, 0) is 24.3 Å². The smallest absolute Gasteiger partial charge is 0.316 e. The van der Waals surface area contributed by atoms with Crippen LogP contribution in [0.3, 0.4) is 0 Å². The van der Waals surface area contributed by atoms with Crippen molar-refractivity contribution < 1.29 is 13.7 Å². The SMILES string of the molecule is O=C(NCc1ccco1)c1nc(-c2ccccn2)no1. The van der Waals surface area contributed by atoms with Gasteiger partial charge in [-0.25, -0.2) is 0 Å². The summed E-state index contributed by atoms with van der Waals surface area (Å²) in [7, 11) is 0. The van der Waals surface area contributed by atoms with Gasteiger partial charge in [-0.3, -0.25) is 9.78 Å². The molecule has 0 aliphatic rings. The van der Waals surface area contributed by atoms with Crippen LogP contribution in [0.15, 0.2) is 51.7 Å². The van der Waals surface area contributed by atoms with E-state index in [1.54, 1.807) is 36.5 Å². The largest absolute Gasteiger partial charge is 0.467 e. The summed E-state index contributed by atoms with van der Waals surface area (Å²) in [6.45, 7) is 0.257. The third-order valence-corrected chi connectivity index (χ3v) is 2.52. The molecule has 1 amide bonds. The Balaban J connectivity index is 1.69. The number of hydrogen-bond acceptors (Lipinski definition) is 6. The zero-order valence-corrected chi connectivity index (χ0v) is 10.3. The molecule has 3 heterocycles. The van der Waals surface area contributed by atoms with Gasteiger partial charge < -0.3 is 14.3 Å². The second kappa shape index (κ2) is 5.35. The third kappa shape index (κ3) is 2.56. The molecule has 0 aliphatic heterocycles. The van der Waals surface area contributed by atoms with Gasteiger partial charge in [0, 0.05) is 6.20 Å². The summed E-state index contributed by atoms with van der Waals surface area (Å²) in [5, 5.41) is 6.34. The van der Waals surface area contributed by atoms with E-state index in [-0.39, 0.29) is 18.3 Å². The molecule has 0 spiro atoms. The highest BCUT2D eigenvalue weighted by Gasteiger charge is 2.16. The van der Waals surface area contributed by atoms with Crippen LogP contribution in [0.25, 0.3) is 11.5 Å². The number of carbonyl (C=O) groups excluding carboxylic acids is 1.